The van der Waals surface area contributed by atoms with Crippen molar-refractivity contribution in [1.29, 1.82) is 0 Å². The molecule has 1 aromatic heterocycles. The molecule has 0 radical (unpaired) electrons. The molecular formula is C13H21N3O2. The molecule has 5 nitrogen and oxygen atoms in total. The molecule has 0 bridgehead atoms. The molecule has 1 fully saturated rings. The van der Waals surface area contributed by atoms with Gasteiger partial charge in [-0.1, -0.05) is 0 Å². The van der Waals surface area contributed by atoms with E-state index in [1.54, 1.807) is 6.26 Å². The Labute approximate surface area is 107 Å². The molecule has 3 N–H and O–H groups in total. The Morgan fingerprint density at radius 3 is 2.83 bits per heavy atom. The molecule has 2 heterocycles. The van der Waals surface area contributed by atoms with Crippen LogP contribution in [0.15, 0.2) is 22.8 Å². The summed E-state index contributed by atoms with van der Waals surface area (Å²) < 4.78 is 5.49. The van der Waals surface area contributed by atoms with Crippen LogP contribution in [0.5, 0.6) is 0 Å². The van der Waals surface area contributed by atoms with E-state index in [1.807, 2.05) is 32.9 Å². The van der Waals surface area contributed by atoms with Gasteiger partial charge >= 0.3 is 0 Å². The van der Waals surface area contributed by atoms with Crippen LogP contribution in [0.25, 0.3) is 0 Å². The van der Waals surface area contributed by atoms with Crippen LogP contribution >= 0.6 is 0 Å². The maximum atomic E-state index is 12.0. The number of carbonyl (C=O) groups excluding carboxylic acids is 1. The van der Waals surface area contributed by atoms with Crippen molar-refractivity contribution in [3.8, 4) is 0 Å². The molecule has 2 rings (SSSR count). The third-order valence-corrected chi connectivity index (χ3v) is 3.58. The molecule has 100 valence electrons. The maximum absolute atomic E-state index is 12.0. The Bertz CT molecular complexity index is 412. The van der Waals surface area contributed by atoms with Gasteiger partial charge in [0.2, 0.25) is 5.91 Å². The first kappa shape index (κ1) is 13.1. The number of nitrogens with one attached hydrogen (secondary N) is 1. The third-order valence-electron chi connectivity index (χ3n) is 3.58. The van der Waals surface area contributed by atoms with Crippen molar-refractivity contribution in [1.82, 2.24) is 10.2 Å². The van der Waals surface area contributed by atoms with Crippen LogP contribution in [0.1, 0.15) is 32.6 Å². The number of piperazine rings is 1. The zero-order valence-electron chi connectivity index (χ0n) is 11.1. The van der Waals surface area contributed by atoms with Gasteiger partial charge in [0.25, 0.3) is 0 Å². The lowest BCUT2D eigenvalue weighted by atomic mass is 9.93. The molecule has 18 heavy (non-hydrogen) atoms. The zero-order valence-corrected chi connectivity index (χ0v) is 11.1. The first-order valence-electron chi connectivity index (χ1n) is 6.28. The van der Waals surface area contributed by atoms with Gasteiger partial charge in [-0.2, -0.15) is 0 Å². The highest BCUT2D eigenvalue weighted by Gasteiger charge is 2.43. The maximum Gasteiger partial charge on any atom is 0.240 e. The fourth-order valence-electron chi connectivity index (χ4n) is 2.56. The SMILES string of the molecule is CC(N)C(c1ccco1)N1CCNC(=O)C1(C)C. The van der Waals surface area contributed by atoms with Crippen LogP contribution in [-0.4, -0.2) is 35.5 Å². The van der Waals surface area contributed by atoms with Gasteiger partial charge in [-0.15, -0.1) is 0 Å². The largest absolute Gasteiger partial charge is 0.468 e. The van der Waals surface area contributed by atoms with E-state index in [0.717, 1.165) is 12.3 Å². The second-order valence-corrected chi connectivity index (χ2v) is 5.33. The number of hydrogen-bond acceptors (Lipinski definition) is 4. The summed E-state index contributed by atoms with van der Waals surface area (Å²) in [4.78, 5) is 14.1. The van der Waals surface area contributed by atoms with E-state index in [2.05, 4.69) is 10.2 Å². The van der Waals surface area contributed by atoms with Crippen LogP contribution < -0.4 is 11.1 Å². The number of nitrogens with zero attached hydrogens (tertiary/aromatic N) is 1. The summed E-state index contributed by atoms with van der Waals surface area (Å²) in [5.41, 5.74) is 5.51. The predicted octanol–water partition coefficient (Wildman–Crippen LogP) is 0.878. The smallest absolute Gasteiger partial charge is 0.240 e. The van der Waals surface area contributed by atoms with Gasteiger partial charge in [0, 0.05) is 19.1 Å². The molecule has 1 aliphatic rings. The second-order valence-electron chi connectivity index (χ2n) is 5.33. The summed E-state index contributed by atoms with van der Waals surface area (Å²) in [6.45, 7) is 7.19. The normalized spacial score (nSPS) is 23.4. The molecule has 5 heteroatoms. The van der Waals surface area contributed by atoms with Crippen molar-refractivity contribution in [2.24, 2.45) is 5.73 Å². The van der Waals surface area contributed by atoms with Crippen molar-refractivity contribution in [2.45, 2.75) is 38.4 Å². The van der Waals surface area contributed by atoms with E-state index in [1.165, 1.54) is 0 Å². The Kier molecular flexibility index (Phi) is 3.45. The highest BCUT2D eigenvalue weighted by Crippen LogP contribution is 2.32. The Balaban J connectivity index is 2.34. The average Bonchev–Trinajstić information content (AvgIpc) is 2.78. The topological polar surface area (TPSA) is 71.5 Å². The highest BCUT2D eigenvalue weighted by molar-refractivity contribution is 5.86. The minimum absolute atomic E-state index is 0.0333. The summed E-state index contributed by atoms with van der Waals surface area (Å²) >= 11 is 0. The van der Waals surface area contributed by atoms with Crippen LogP contribution in [0.3, 0.4) is 0 Å². The monoisotopic (exact) mass is 251 g/mol. The minimum atomic E-state index is -0.580. The number of hydrogen-bond donors (Lipinski definition) is 2. The summed E-state index contributed by atoms with van der Waals surface area (Å²) in [6.07, 6.45) is 1.64. The van der Waals surface area contributed by atoms with Crippen LogP contribution in [0.4, 0.5) is 0 Å². The molecular weight excluding hydrogens is 230 g/mol. The summed E-state index contributed by atoms with van der Waals surface area (Å²) in [7, 11) is 0. The standard InChI is InChI=1S/C13H21N3O2/c1-9(14)11(10-5-4-8-18-10)16-7-6-15-12(17)13(16,2)3/h4-5,8-9,11H,6-7,14H2,1-3H3,(H,15,17). The number of furan rings is 1. The van der Waals surface area contributed by atoms with Crippen LogP contribution in [-0.2, 0) is 4.79 Å². The molecule has 0 saturated carbocycles. The zero-order chi connectivity index (χ0) is 13.3. The van der Waals surface area contributed by atoms with Crippen molar-refractivity contribution >= 4 is 5.91 Å². The van der Waals surface area contributed by atoms with Gasteiger partial charge in [0.05, 0.1) is 17.8 Å². The lowest BCUT2D eigenvalue weighted by molar-refractivity contribution is -0.137. The van der Waals surface area contributed by atoms with Gasteiger partial charge in [-0.3, -0.25) is 9.69 Å². The predicted molar refractivity (Wildman–Crippen MR) is 68.9 cm³/mol. The molecule has 1 aromatic rings. The number of amides is 1. The molecule has 1 saturated heterocycles. The third kappa shape index (κ3) is 2.15. The van der Waals surface area contributed by atoms with Crippen LogP contribution in [0, 0.1) is 0 Å². The molecule has 1 amide bonds. The van der Waals surface area contributed by atoms with Crippen LogP contribution in [0.2, 0.25) is 0 Å². The number of rotatable bonds is 3. The summed E-state index contributed by atoms with van der Waals surface area (Å²) in [5, 5.41) is 2.89. The Hall–Kier alpha value is -1.33. The summed E-state index contributed by atoms with van der Waals surface area (Å²) in [6, 6.07) is 3.57. The van der Waals surface area contributed by atoms with Gasteiger partial charge < -0.3 is 15.5 Å². The fourth-order valence-corrected chi connectivity index (χ4v) is 2.56. The van der Waals surface area contributed by atoms with Gasteiger partial charge in [-0.05, 0) is 32.9 Å². The van der Waals surface area contributed by atoms with Crippen molar-refractivity contribution in [3.05, 3.63) is 24.2 Å². The fraction of sp³-hybridized carbons (Fsp3) is 0.615. The number of carbonyl (C=O) groups is 1. The average molecular weight is 251 g/mol. The lowest BCUT2D eigenvalue weighted by Crippen LogP contribution is -2.64. The van der Waals surface area contributed by atoms with E-state index >= 15 is 0 Å². The van der Waals surface area contributed by atoms with Gasteiger partial charge in [0.1, 0.15) is 5.76 Å². The molecule has 0 aliphatic carbocycles. The van der Waals surface area contributed by atoms with Crippen molar-refractivity contribution in [2.75, 3.05) is 13.1 Å². The highest BCUT2D eigenvalue weighted by atomic mass is 16.3. The Morgan fingerprint density at radius 1 is 1.56 bits per heavy atom. The summed E-state index contributed by atoms with van der Waals surface area (Å²) in [5.74, 6) is 0.846. The Morgan fingerprint density at radius 2 is 2.28 bits per heavy atom. The molecule has 0 aromatic carbocycles. The molecule has 1 aliphatic heterocycles. The minimum Gasteiger partial charge on any atom is -0.468 e. The lowest BCUT2D eigenvalue weighted by Gasteiger charge is -2.46. The number of nitrogens with two attached hydrogens (primary N) is 1. The van der Waals surface area contributed by atoms with Gasteiger partial charge in [0.15, 0.2) is 0 Å². The van der Waals surface area contributed by atoms with E-state index < -0.39 is 5.54 Å². The van der Waals surface area contributed by atoms with E-state index in [4.69, 9.17) is 10.2 Å². The molecule has 2 atom stereocenters. The van der Waals surface area contributed by atoms with E-state index in [-0.39, 0.29) is 18.0 Å². The van der Waals surface area contributed by atoms with E-state index in [9.17, 15) is 4.79 Å². The van der Waals surface area contributed by atoms with Gasteiger partial charge in [-0.25, -0.2) is 0 Å². The van der Waals surface area contributed by atoms with E-state index in [0.29, 0.717) is 6.54 Å². The first-order chi connectivity index (χ1) is 8.44. The first-order valence-corrected chi connectivity index (χ1v) is 6.28. The molecule has 2 unspecified atom stereocenters. The van der Waals surface area contributed by atoms with Crippen molar-refractivity contribution in [3.63, 3.8) is 0 Å². The van der Waals surface area contributed by atoms with Crippen molar-refractivity contribution < 1.29 is 9.21 Å². The quantitative estimate of drug-likeness (QED) is 0.836. The second kappa shape index (κ2) is 4.74. The molecule has 0 spiro atoms.